The first kappa shape index (κ1) is 12.0. The zero-order chi connectivity index (χ0) is 13.6. The third-order valence-electron chi connectivity index (χ3n) is 3.67. The van der Waals surface area contributed by atoms with Crippen molar-refractivity contribution in [1.82, 2.24) is 19.6 Å². The topological polar surface area (TPSA) is 61.9 Å². The fourth-order valence-electron chi connectivity index (χ4n) is 2.65. The van der Waals surface area contributed by atoms with Crippen molar-refractivity contribution in [2.75, 3.05) is 7.11 Å². The zero-order valence-corrected chi connectivity index (χ0v) is 11.2. The van der Waals surface area contributed by atoms with E-state index in [1.54, 1.807) is 4.68 Å². The van der Waals surface area contributed by atoms with Crippen LogP contribution < -0.4 is 0 Å². The highest BCUT2D eigenvalue weighted by molar-refractivity contribution is 5.91. The van der Waals surface area contributed by atoms with Crippen molar-refractivity contribution in [3.05, 3.63) is 35.4 Å². The Morgan fingerprint density at radius 3 is 2.84 bits per heavy atom. The zero-order valence-electron chi connectivity index (χ0n) is 11.2. The summed E-state index contributed by atoms with van der Waals surface area (Å²) in [5.41, 5.74) is 2.67. The molecule has 0 radical (unpaired) electrons. The molecule has 0 aromatic carbocycles. The van der Waals surface area contributed by atoms with Gasteiger partial charge in [0, 0.05) is 44.0 Å². The smallest absolute Gasteiger partial charge is 0.339 e. The first-order valence-corrected chi connectivity index (χ1v) is 6.21. The van der Waals surface area contributed by atoms with Gasteiger partial charge in [0.15, 0.2) is 0 Å². The van der Waals surface area contributed by atoms with Gasteiger partial charge in [0.2, 0.25) is 0 Å². The average Bonchev–Trinajstić information content (AvgIpc) is 2.90. The standard InChI is InChI=1S/C13H16N4O2/c1-16-5-4-8(13(18)19-3)12(16)10-6-9(10)11-7-17(2)15-14-11/h4-5,7,9-10H,6H2,1-3H3. The van der Waals surface area contributed by atoms with Crippen molar-refractivity contribution in [3.8, 4) is 0 Å². The summed E-state index contributed by atoms with van der Waals surface area (Å²) >= 11 is 0. The summed E-state index contributed by atoms with van der Waals surface area (Å²) in [6, 6.07) is 1.81. The lowest BCUT2D eigenvalue weighted by Crippen LogP contribution is -2.06. The number of methoxy groups -OCH3 is 1. The van der Waals surface area contributed by atoms with Gasteiger partial charge in [-0.1, -0.05) is 5.21 Å². The number of carbonyl (C=O) groups excluding carboxylic acids is 1. The highest BCUT2D eigenvalue weighted by atomic mass is 16.5. The molecule has 0 amide bonds. The molecule has 0 aliphatic heterocycles. The Bertz CT molecular complexity index is 628. The lowest BCUT2D eigenvalue weighted by atomic mass is 10.1. The van der Waals surface area contributed by atoms with Crippen molar-refractivity contribution < 1.29 is 9.53 Å². The quantitative estimate of drug-likeness (QED) is 0.778. The van der Waals surface area contributed by atoms with E-state index in [0.717, 1.165) is 17.8 Å². The summed E-state index contributed by atoms with van der Waals surface area (Å²) in [6.07, 6.45) is 4.83. The molecular formula is C13H16N4O2. The first-order chi connectivity index (χ1) is 9.11. The number of rotatable bonds is 3. The van der Waals surface area contributed by atoms with Crippen LogP contribution in [0.3, 0.4) is 0 Å². The van der Waals surface area contributed by atoms with Crippen LogP contribution >= 0.6 is 0 Å². The van der Waals surface area contributed by atoms with Crippen LogP contribution in [0.1, 0.15) is 40.0 Å². The van der Waals surface area contributed by atoms with Gasteiger partial charge in [0.25, 0.3) is 0 Å². The summed E-state index contributed by atoms with van der Waals surface area (Å²) in [7, 11) is 5.22. The predicted molar refractivity (Wildman–Crippen MR) is 67.9 cm³/mol. The summed E-state index contributed by atoms with van der Waals surface area (Å²) in [5.74, 6) is 0.400. The molecule has 1 aliphatic rings. The molecule has 2 aromatic rings. The molecule has 2 heterocycles. The molecule has 1 fully saturated rings. The molecule has 0 saturated heterocycles. The minimum absolute atomic E-state index is 0.277. The van der Waals surface area contributed by atoms with Gasteiger partial charge >= 0.3 is 5.97 Å². The molecule has 3 rings (SSSR count). The first-order valence-electron chi connectivity index (χ1n) is 6.21. The molecule has 1 aliphatic carbocycles. The monoisotopic (exact) mass is 260 g/mol. The van der Waals surface area contributed by atoms with E-state index >= 15 is 0 Å². The molecule has 1 saturated carbocycles. The van der Waals surface area contributed by atoms with Crippen LogP contribution in [0.2, 0.25) is 0 Å². The number of hydrogen-bond donors (Lipinski definition) is 0. The van der Waals surface area contributed by atoms with Gasteiger partial charge in [-0.15, -0.1) is 5.10 Å². The average molecular weight is 260 g/mol. The highest BCUT2D eigenvalue weighted by Gasteiger charge is 2.44. The van der Waals surface area contributed by atoms with Gasteiger partial charge in [-0.25, -0.2) is 4.79 Å². The van der Waals surface area contributed by atoms with Crippen molar-refractivity contribution in [1.29, 1.82) is 0 Å². The minimum Gasteiger partial charge on any atom is -0.465 e. The Labute approximate surface area is 111 Å². The third kappa shape index (κ3) is 1.93. The Kier molecular flexibility index (Phi) is 2.66. The Hall–Kier alpha value is -2.11. The highest BCUT2D eigenvalue weighted by Crippen LogP contribution is 2.54. The van der Waals surface area contributed by atoms with Crippen LogP contribution in [0.5, 0.6) is 0 Å². The van der Waals surface area contributed by atoms with E-state index in [-0.39, 0.29) is 5.97 Å². The normalized spacial score (nSPS) is 21.4. The van der Waals surface area contributed by atoms with E-state index in [2.05, 4.69) is 10.3 Å². The summed E-state index contributed by atoms with van der Waals surface area (Å²) in [5, 5.41) is 8.11. The van der Waals surface area contributed by atoms with E-state index < -0.39 is 0 Å². The molecule has 2 atom stereocenters. The van der Waals surface area contributed by atoms with Gasteiger partial charge in [0.1, 0.15) is 0 Å². The summed E-state index contributed by atoms with van der Waals surface area (Å²) in [6.45, 7) is 0. The summed E-state index contributed by atoms with van der Waals surface area (Å²) in [4.78, 5) is 11.8. The molecule has 19 heavy (non-hydrogen) atoms. The number of esters is 1. The lowest BCUT2D eigenvalue weighted by Gasteiger charge is -2.05. The summed E-state index contributed by atoms with van der Waals surface area (Å²) < 4.78 is 8.53. The van der Waals surface area contributed by atoms with Crippen LogP contribution in [-0.2, 0) is 18.8 Å². The van der Waals surface area contributed by atoms with Gasteiger partial charge in [-0.2, -0.15) is 0 Å². The second kappa shape index (κ2) is 4.22. The van der Waals surface area contributed by atoms with Gasteiger partial charge < -0.3 is 9.30 Å². The van der Waals surface area contributed by atoms with Crippen LogP contribution in [0, 0.1) is 0 Å². The maximum atomic E-state index is 11.8. The minimum atomic E-state index is -0.277. The number of aryl methyl sites for hydroxylation is 2. The molecule has 0 spiro atoms. The van der Waals surface area contributed by atoms with Gasteiger partial charge in [-0.3, -0.25) is 4.68 Å². The van der Waals surface area contributed by atoms with Gasteiger partial charge in [-0.05, 0) is 12.5 Å². The largest absolute Gasteiger partial charge is 0.465 e. The number of nitrogens with zero attached hydrogens (tertiary/aromatic N) is 4. The SMILES string of the molecule is COC(=O)c1ccn(C)c1C1CC1c1cn(C)nn1. The maximum absolute atomic E-state index is 11.8. The van der Waals surface area contributed by atoms with E-state index in [1.165, 1.54) is 7.11 Å². The fraction of sp³-hybridized carbons (Fsp3) is 0.462. The van der Waals surface area contributed by atoms with E-state index in [0.29, 0.717) is 17.4 Å². The van der Waals surface area contributed by atoms with E-state index in [9.17, 15) is 4.79 Å². The Balaban J connectivity index is 1.89. The van der Waals surface area contributed by atoms with Crippen LogP contribution in [0.15, 0.2) is 18.5 Å². The molecule has 100 valence electrons. The van der Waals surface area contributed by atoms with Crippen LogP contribution in [0.4, 0.5) is 0 Å². The van der Waals surface area contributed by atoms with Crippen LogP contribution in [-0.4, -0.2) is 32.6 Å². The molecule has 6 nitrogen and oxygen atoms in total. The van der Waals surface area contributed by atoms with Crippen molar-refractivity contribution in [2.24, 2.45) is 14.1 Å². The molecule has 2 aromatic heterocycles. The van der Waals surface area contributed by atoms with Crippen molar-refractivity contribution in [2.45, 2.75) is 18.3 Å². The predicted octanol–water partition coefficient (Wildman–Crippen LogP) is 1.21. The second-order valence-corrected chi connectivity index (χ2v) is 4.98. The molecule has 0 bridgehead atoms. The lowest BCUT2D eigenvalue weighted by molar-refractivity contribution is 0.0599. The molecular weight excluding hydrogens is 244 g/mol. The Morgan fingerprint density at radius 1 is 1.42 bits per heavy atom. The number of aromatic nitrogens is 4. The molecule has 2 unspecified atom stereocenters. The van der Waals surface area contributed by atoms with E-state index in [1.807, 2.05) is 37.1 Å². The molecule has 0 N–H and O–H groups in total. The van der Waals surface area contributed by atoms with Crippen molar-refractivity contribution >= 4 is 5.97 Å². The third-order valence-corrected chi connectivity index (χ3v) is 3.67. The number of ether oxygens (including phenoxy) is 1. The maximum Gasteiger partial charge on any atom is 0.339 e. The van der Waals surface area contributed by atoms with E-state index in [4.69, 9.17) is 4.74 Å². The number of carbonyl (C=O) groups is 1. The van der Waals surface area contributed by atoms with Crippen molar-refractivity contribution in [3.63, 3.8) is 0 Å². The Morgan fingerprint density at radius 2 is 2.21 bits per heavy atom. The second-order valence-electron chi connectivity index (χ2n) is 4.98. The fourth-order valence-corrected chi connectivity index (χ4v) is 2.65. The van der Waals surface area contributed by atoms with Gasteiger partial charge in [0.05, 0.1) is 18.4 Å². The number of hydrogen-bond acceptors (Lipinski definition) is 4. The molecule has 6 heteroatoms. The van der Waals surface area contributed by atoms with Crippen LogP contribution in [0.25, 0.3) is 0 Å².